The van der Waals surface area contributed by atoms with Gasteiger partial charge in [0.15, 0.2) is 0 Å². The largest absolute Gasteiger partial charge is 1.00 e. The maximum absolute atomic E-state index is 6.15. The normalized spacial score (nSPS) is 12.6. The zero-order chi connectivity index (χ0) is 25.2. The van der Waals surface area contributed by atoms with Crippen LogP contribution in [-0.4, -0.2) is 31.6 Å². The highest BCUT2D eigenvalue weighted by molar-refractivity contribution is 4.52. The first-order chi connectivity index (χ1) is 16.5. The number of rotatable bonds is 28. The standard InChI is InChI=1S/C31H66NO2.BrH/c1-6-8-10-12-14-16-18-20-22-24-26-28-30-33-32(4,5)34-31(3)29-27-25-23-21-19-17-15-13-11-9-7-2;/h31H,6-30H2,1-5H3;1H/q+1;/p-1. The molecule has 0 N–H and O–H groups in total. The van der Waals surface area contributed by atoms with E-state index < -0.39 is 0 Å². The molecule has 214 valence electrons. The lowest BCUT2D eigenvalue weighted by Gasteiger charge is -2.27. The van der Waals surface area contributed by atoms with Crippen LogP contribution < -0.4 is 17.0 Å². The molecule has 35 heavy (non-hydrogen) atoms. The molecule has 1 unspecified atom stereocenters. The fourth-order valence-electron chi connectivity index (χ4n) is 4.84. The number of nitrogens with zero attached hydrogens (tertiary/aromatic N) is 1. The molecule has 1 atom stereocenters. The highest BCUT2D eigenvalue weighted by atomic mass is 79.9. The van der Waals surface area contributed by atoms with Crippen molar-refractivity contribution in [2.45, 2.75) is 181 Å². The minimum Gasteiger partial charge on any atom is -1.00 e. The summed E-state index contributed by atoms with van der Waals surface area (Å²) in [6.45, 7) is 7.58. The molecule has 0 fully saturated rings. The van der Waals surface area contributed by atoms with Crippen molar-refractivity contribution in [3.05, 3.63) is 0 Å². The number of hydroxylamine groups is 4. The van der Waals surface area contributed by atoms with Crippen molar-refractivity contribution < 1.29 is 31.5 Å². The van der Waals surface area contributed by atoms with Crippen LogP contribution >= 0.6 is 0 Å². The predicted octanol–water partition coefficient (Wildman–Crippen LogP) is 7.72. The Morgan fingerprint density at radius 3 is 1.17 bits per heavy atom. The van der Waals surface area contributed by atoms with E-state index in [-0.39, 0.29) is 27.9 Å². The van der Waals surface area contributed by atoms with Gasteiger partial charge in [-0.1, -0.05) is 155 Å². The van der Waals surface area contributed by atoms with E-state index in [0.29, 0.717) is 0 Å². The molecule has 0 saturated heterocycles. The van der Waals surface area contributed by atoms with Crippen LogP contribution in [0.1, 0.15) is 175 Å². The summed E-state index contributed by atoms with van der Waals surface area (Å²) >= 11 is 0. The van der Waals surface area contributed by atoms with Crippen molar-refractivity contribution >= 4 is 0 Å². The number of unbranched alkanes of at least 4 members (excludes halogenated alkanes) is 21. The molecule has 0 saturated carbocycles. The van der Waals surface area contributed by atoms with Gasteiger partial charge in [-0.25, -0.2) is 0 Å². The van der Waals surface area contributed by atoms with E-state index in [1.807, 2.05) is 14.1 Å². The van der Waals surface area contributed by atoms with Crippen LogP contribution in [0.25, 0.3) is 0 Å². The summed E-state index contributed by atoms with van der Waals surface area (Å²) in [5, 5.41) is 0. The van der Waals surface area contributed by atoms with Crippen LogP contribution in [0.3, 0.4) is 0 Å². The van der Waals surface area contributed by atoms with Gasteiger partial charge in [-0.15, -0.1) is 0 Å². The van der Waals surface area contributed by atoms with Gasteiger partial charge in [0.2, 0.25) is 0 Å². The molecule has 0 heterocycles. The quantitative estimate of drug-likeness (QED) is 0.0550. The van der Waals surface area contributed by atoms with E-state index in [1.165, 1.54) is 141 Å². The second-order valence-electron chi connectivity index (χ2n) is 11.2. The van der Waals surface area contributed by atoms with Gasteiger partial charge in [0.1, 0.15) is 26.8 Å². The fourth-order valence-corrected chi connectivity index (χ4v) is 4.84. The molecule has 3 nitrogen and oxygen atoms in total. The molecule has 4 heteroatoms. The van der Waals surface area contributed by atoms with Crippen LogP contribution in [0.2, 0.25) is 0 Å². The third kappa shape index (κ3) is 30.5. The van der Waals surface area contributed by atoms with Crippen LogP contribution in [0.5, 0.6) is 0 Å². The van der Waals surface area contributed by atoms with Crippen LogP contribution in [0.15, 0.2) is 0 Å². The lowest BCUT2D eigenvalue weighted by molar-refractivity contribution is -1.23. The van der Waals surface area contributed by atoms with Crippen molar-refractivity contribution in [3.63, 3.8) is 0 Å². The Labute approximate surface area is 232 Å². The molecular weight excluding hydrogens is 498 g/mol. The first-order valence-corrected chi connectivity index (χ1v) is 15.7. The third-order valence-electron chi connectivity index (χ3n) is 7.05. The van der Waals surface area contributed by atoms with E-state index in [2.05, 4.69) is 20.8 Å². The summed E-state index contributed by atoms with van der Waals surface area (Å²) in [6, 6.07) is 0. The summed E-state index contributed by atoms with van der Waals surface area (Å²) in [7, 11) is 4.05. The molecule has 0 aliphatic rings. The summed E-state index contributed by atoms with van der Waals surface area (Å²) in [5.74, 6) is 0. The van der Waals surface area contributed by atoms with Crippen molar-refractivity contribution in [3.8, 4) is 0 Å². The number of halogens is 1. The van der Waals surface area contributed by atoms with Gasteiger partial charge in [-0.3, -0.25) is 0 Å². The van der Waals surface area contributed by atoms with Crippen molar-refractivity contribution in [1.82, 2.24) is 0 Å². The first-order valence-electron chi connectivity index (χ1n) is 15.7. The summed E-state index contributed by atoms with van der Waals surface area (Å²) in [4.78, 5) is 12.4. The van der Waals surface area contributed by atoms with Gasteiger partial charge in [0.25, 0.3) is 0 Å². The number of hydrogen-bond donors (Lipinski definition) is 0. The highest BCUT2D eigenvalue weighted by Gasteiger charge is 2.22. The Morgan fingerprint density at radius 1 is 0.486 bits per heavy atom. The summed E-state index contributed by atoms with van der Waals surface area (Å²) < 4.78 is 0. The topological polar surface area (TPSA) is 18.5 Å². The Bertz CT molecular complexity index is 392. The van der Waals surface area contributed by atoms with Gasteiger partial charge in [0, 0.05) is 0 Å². The zero-order valence-electron chi connectivity index (χ0n) is 24.9. The Kier molecular flexibility index (Phi) is 31.0. The van der Waals surface area contributed by atoms with Crippen molar-refractivity contribution in [2.24, 2.45) is 0 Å². The Morgan fingerprint density at radius 2 is 0.800 bits per heavy atom. The fraction of sp³-hybridized carbons (Fsp3) is 1.00. The van der Waals surface area contributed by atoms with Gasteiger partial charge in [-0.05, 0) is 24.6 Å². The Balaban J connectivity index is 0. The molecule has 0 aliphatic heterocycles. The monoisotopic (exact) mass is 563 g/mol. The van der Waals surface area contributed by atoms with E-state index >= 15 is 0 Å². The zero-order valence-corrected chi connectivity index (χ0v) is 26.5. The van der Waals surface area contributed by atoms with Crippen LogP contribution in [0.4, 0.5) is 0 Å². The van der Waals surface area contributed by atoms with E-state index in [4.69, 9.17) is 9.68 Å². The SMILES string of the molecule is CCCCCCCCCCCCCCO[N+](C)(C)OC(C)CCCCCCCCCCCCC.[Br-]. The van der Waals surface area contributed by atoms with Gasteiger partial charge in [-0.2, -0.15) is 9.68 Å². The smallest absolute Gasteiger partial charge is 0.132 e. The van der Waals surface area contributed by atoms with Crippen molar-refractivity contribution in [2.75, 3.05) is 20.7 Å². The second-order valence-corrected chi connectivity index (χ2v) is 11.2. The van der Waals surface area contributed by atoms with Gasteiger partial charge >= 0.3 is 0 Å². The minimum absolute atomic E-state index is 0. The maximum Gasteiger partial charge on any atom is 0.132 e. The van der Waals surface area contributed by atoms with E-state index in [1.54, 1.807) is 0 Å². The van der Waals surface area contributed by atoms with Crippen LogP contribution in [0, 0.1) is 0 Å². The number of quaternary nitrogens is 1. The molecule has 0 aromatic carbocycles. The average molecular weight is 565 g/mol. The Hall–Kier alpha value is 0.360. The van der Waals surface area contributed by atoms with E-state index in [0.717, 1.165) is 19.4 Å². The molecular formula is C31H66BrNO2. The molecule has 0 amide bonds. The molecule has 0 aromatic heterocycles. The lowest BCUT2D eigenvalue weighted by Crippen LogP contribution is -3.00. The van der Waals surface area contributed by atoms with E-state index in [9.17, 15) is 0 Å². The lowest BCUT2D eigenvalue weighted by atomic mass is 10.0. The second kappa shape index (κ2) is 28.9. The highest BCUT2D eigenvalue weighted by Crippen LogP contribution is 2.16. The van der Waals surface area contributed by atoms with Gasteiger partial charge < -0.3 is 17.0 Å². The van der Waals surface area contributed by atoms with Crippen molar-refractivity contribution in [1.29, 1.82) is 0 Å². The van der Waals surface area contributed by atoms with Crippen LogP contribution in [-0.2, 0) is 9.68 Å². The number of hydrogen-bond acceptors (Lipinski definition) is 2. The molecule has 0 spiro atoms. The minimum atomic E-state index is 0. The maximum atomic E-state index is 6.15. The molecule has 0 aromatic rings. The molecule has 0 radical (unpaired) electrons. The predicted molar refractivity (Wildman–Crippen MR) is 151 cm³/mol. The molecule has 0 rings (SSSR count). The first kappa shape index (κ1) is 37.5. The molecule has 0 bridgehead atoms. The molecule has 0 aliphatic carbocycles. The summed E-state index contributed by atoms with van der Waals surface area (Å²) in [5.41, 5.74) is 0. The average Bonchev–Trinajstić information content (AvgIpc) is 2.80. The summed E-state index contributed by atoms with van der Waals surface area (Å²) in [6.07, 6.45) is 33.3. The third-order valence-corrected chi connectivity index (χ3v) is 7.05. The van der Waals surface area contributed by atoms with Gasteiger partial charge in [0.05, 0.1) is 0 Å².